The molecule has 13 heteroatoms. The van der Waals surface area contributed by atoms with Crippen molar-refractivity contribution >= 4 is 33.3 Å². The van der Waals surface area contributed by atoms with Gasteiger partial charge in [0.25, 0.3) is 0 Å². The van der Waals surface area contributed by atoms with E-state index in [0.717, 1.165) is 43.0 Å². The number of hydrogen-bond acceptors (Lipinski definition) is 5. The molecule has 9 nitrogen and oxygen atoms in total. The molecule has 1 aliphatic carbocycles. The van der Waals surface area contributed by atoms with Crippen molar-refractivity contribution in [3.8, 4) is 0 Å². The summed E-state index contributed by atoms with van der Waals surface area (Å²) in [4.78, 5) is 30.3. The molecule has 0 spiro atoms. The summed E-state index contributed by atoms with van der Waals surface area (Å²) in [5.74, 6) is -0.297. The Morgan fingerprint density at radius 1 is 1.17 bits per heavy atom. The molecule has 1 aliphatic heterocycles. The number of aromatic nitrogens is 1. The molecular formula is C23H26F3N5O4S. The van der Waals surface area contributed by atoms with E-state index in [4.69, 9.17) is 0 Å². The maximum Gasteiger partial charge on any atom is 0.433 e. The Labute approximate surface area is 206 Å². The van der Waals surface area contributed by atoms with Crippen molar-refractivity contribution in [3.05, 3.63) is 53.9 Å². The fourth-order valence-electron chi connectivity index (χ4n) is 4.21. The minimum atomic E-state index is -4.58. The number of carbonyl (C=O) groups is 2. The lowest BCUT2D eigenvalue weighted by atomic mass is 9.95. The highest BCUT2D eigenvalue weighted by atomic mass is 32.2. The normalized spacial score (nSPS) is 19.6. The van der Waals surface area contributed by atoms with Crippen molar-refractivity contribution in [1.82, 2.24) is 15.0 Å². The first-order chi connectivity index (χ1) is 16.9. The Hall–Kier alpha value is -3.19. The minimum absolute atomic E-state index is 0.0653. The number of piperidine rings is 1. The van der Waals surface area contributed by atoms with E-state index in [-0.39, 0.29) is 17.0 Å². The first-order valence-electron chi connectivity index (χ1n) is 11.3. The number of anilines is 2. The molecular weight excluding hydrogens is 499 g/mol. The molecule has 2 fully saturated rings. The van der Waals surface area contributed by atoms with Crippen LogP contribution in [0.4, 0.5) is 29.3 Å². The fraction of sp³-hybridized carbons (Fsp3) is 0.435. The number of nitrogens with zero attached hydrogens (tertiary/aromatic N) is 2. The molecule has 1 aromatic carbocycles. The summed E-state index contributed by atoms with van der Waals surface area (Å²) in [7, 11) is -3.29. The number of sulfonamides is 1. The Morgan fingerprint density at radius 2 is 1.86 bits per heavy atom. The lowest BCUT2D eigenvalue weighted by Gasteiger charge is -2.33. The van der Waals surface area contributed by atoms with E-state index in [1.165, 1.54) is 0 Å². The molecule has 0 bridgehead atoms. The predicted molar refractivity (Wildman–Crippen MR) is 127 cm³/mol. The molecule has 2 aliphatic rings. The van der Waals surface area contributed by atoms with E-state index in [0.29, 0.717) is 31.6 Å². The molecule has 2 heterocycles. The molecule has 36 heavy (non-hydrogen) atoms. The third-order valence-corrected chi connectivity index (χ3v) is 7.04. The quantitative estimate of drug-likeness (QED) is 0.513. The van der Waals surface area contributed by atoms with E-state index in [9.17, 15) is 31.2 Å². The standard InChI is InChI=1S/C23H26F3N5O4S/c1-36(34,35)28-14-22(10-11-22)15-4-7-17(8-5-15)31-12-2-3-18(20(31)32)30-21(33)29-16-6-9-19(27-13-16)23(24,25)26/h4-9,13,18,28H,2-3,10-12,14H2,1H3,(H2,29,30,33)/t18-/m1/s1. The summed E-state index contributed by atoms with van der Waals surface area (Å²) in [5.41, 5.74) is 0.413. The first kappa shape index (κ1) is 25.9. The number of benzene rings is 1. The van der Waals surface area contributed by atoms with Crippen LogP contribution in [0.15, 0.2) is 42.6 Å². The highest BCUT2D eigenvalue weighted by Crippen LogP contribution is 2.48. The summed E-state index contributed by atoms with van der Waals surface area (Å²) in [6, 6.07) is 7.73. The van der Waals surface area contributed by atoms with E-state index < -0.39 is 34.0 Å². The van der Waals surface area contributed by atoms with Gasteiger partial charge in [-0.1, -0.05) is 12.1 Å². The molecule has 1 saturated carbocycles. The average molecular weight is 526 g/mol. The highest BCUT2D eigenvalue weighted by molar-refractivity contribution is 7.88. The predicted octanol–water partition coefficient (Wildman–Crippen LogP) is 3.00. The number of rotatable bonds is 7. The van der Waals surface area contributed by atoms with E-state index in [1.54, 1.807) is 4.90 Å². The van der Waals surface area contributed by atoms with Gasteiger partial charge in [-0.05, 0) is 55.5 Å². The SMILES string of the molecule is CS(=O)(=O)NCC1(c2ccc(N3CCC[C@@H](NC(=O)Nc4ccc(C(F)(F)F)nc4)C3=O)cc2)CC1. The molecule has 1 atom stereocenters. The van der Waals surface area contributed by atoms with Crippen LogP contribution in [0.25, 0.3) is 0 Å². The average Bonchev–Trinajstić information content (AvgIpc) is 3.60. The zero-order valence-electron chi connectivity index (χ0n) is 19.4. The number of urea groups is 1. The van der Waals surface area contributed by atoms with Crippen molar-refractivity contribution in [2.45, 2.75) is 43.3 Å². The number of nitrogens with one attached hydrogen (secondary N) is 3. The Kier molecular flexibility index (Phi) is 6.97. The molecule has 3 N–H and O–H groups in total. The second-order valence-electron chi connectivity index (χ2n) is 9.13. The third kappa shape index (κ3) is 6.13. The van der Waals surface area contributed by atoms with Crippen molar-refractivity contribution in [2.75, 3.05) is 29.6 Å². The van der Waals surface area contributed by atoms with Crippen LogP contribution in [0.3, 0.4) is 0 Å². The third-order valence-electron chi connectivity index (χ3n) is 6.37. The van der Waals surface area contributed by atoms with Crippen LogP contribution in [-0.2, 0) is 26.4 Å². The maximum absolute atomic E-state index is 13.0. The van der Waals surface area contributed by atoms with Crippen LogP contribution in [0.1, 0.15) is 36.9 Å². The van der Waals surface area contributed by atoms with Gasteiger partial charge in [0.15, 0.2) is 0 Å². The Morgan fingerprint density at radius 3 is 2.42 bits per heavy atom. The smallest absolute Gasteiger partial charge is 0.326 e. The van der Waals surface area contributed by atoms with Gasteiger partial charge in [0.1, 0.15) is 11.7 Å². The van der Waals surface area contributed by atoms with Gasteiger partial charge >= 0.3 is 12.2 Å². The van der Waals surface area contributed by atoms with Crippen molar-refractivity contribution in [2.24, 2.45) is 0 Å². The second kappa shape index (κ2) is 9.69. The van der Waals surface area contributed by atoms with Gasteiger partial charge in [-0.3, -0.25) is 4.79 Å². The highest BCUT2D eigenvalue weighted by Gasteiger charge is 2.44. The van der Waals surface area contributed by atoms with E-state index in [1.807, 2.05) is 24.3 Å². The molecule has 4 rings (SSSR count). The summed E-state index contributed by atoms with van der Waals surface area (Å²) >= 11 is 0. The van der Waals surface area contributed by atoms with Gasteiger partial charge in [0.2, 0.25) is 15.9 Å². The van der Waals surface area contributed by atoms with Crippen LogP contribution >= 0.6 is 0 Å². The number of carbonyl (C=O) groups excluding carboxylic acids is 2. The fourth-order valence-corrected chi connectivity index (χ4v) is 4.75. The molecule has 3 amide bonds. The van der Waals surface area contributed by atoms with Crippen molar-refractivity contribution < 1.29 is 31.2 Å². The zero-order valence-corrected chi connectivity index (χ0v) is 20.2. The second-order valence-corrected chi connectivity index (χ2v) is 11.0. The lowest BCUT2D eigenvalue weighted by molar-refractivity contribution is -0.141. The van der Waals surface area contributed by atoms with E-state index in [2.05, 4.69) is 20.3 Å². The summed E-state index contributed by atoms with van der Waals surface area (Å²) < 4.78 is 63.4. The largest absolute Gasteiger partial charge is 0.433 e. The van der Waals surface area contributed by atoms with Gasteiger partial charge in [0.05, 0.1) is 18.1 Å². The molecule has 2 aromatic rings. The van der Waals surface area contributed by atoms with Gasteiger partial charge in [-0.25, -0.2) is 22.9 Å². The van der Waals surface area contributed by atoms with Crippen molar-refractivity contribution in [3.63, 3.8) is 0 Å². The number of hydrogen-bond donors (Lipinski definition) is 3. The number of halogens is 3. The van der Waals surface area contributed by atoms with Gasteiger partial charge in [-0.15, -0.1) is 0 Å². The lowest BCUT2D eigenvalue weighted by Crippen LogP contribution is -2.53. The van der Waals surface area contributed by atoms with Crippen LogP contribution < -0.4 is 20.3 Å². The first-order valence-corrected chi connectivity index (χ1v) is 13.2. The number of alkyl halides is 3. The maximum atomic E-state index is 13.0. The Bertz CT molecular complexity index is 1230. The van der Waals surface area contributed by atoms with Crippen molar-refractivity contribution in [1.29, 1.82) is 0 Å². The number of pyridine rings is 1. The van der Waals surface area contributed by atoms with Gasteiger partial charge < -0.3 is 15.5 Å². The summed E-state index contributed by atoms with van der Waals surface area (Å²) in [6.45, 7) is 0.797. The molecule has 1 saturated heterocycles. The zero-order chi connectivity index (χ0) is 26.1. The summed E-state index contributed by atoms with van der Waals surface area (Å²) in [6.07, 6.45) is 0.245. The van der Waals surface area contributed by atoms with Crippen LogP contribution in [0, 0.1) is 0 Å². The van der Waals surface area contributed by atoms with Crippen LogP contribution in [0.5, 0.6) is 0 Å². The number of amides is 3. The molecule has 194 valence electrons. The van der Waals surface area contributed by atoms with Crippen LogP contribution in [-0.4, -0.2) is 50.7 Å². The Balaban J connectivity index is 1.36. The minimum Gasteiger partial charge on any atom is -0.326 e. The van der Waals surface area contributed by atoms with Gasteiger partial charge in [-0.2, -0.15) is 13.2 Å². The molecule has 1 aromatic heterocycles. The van der Waals surface area contributed by atoms with Crippen LogP contribution in [0.2, 0.25) is 0 Å². The monoisotopic (exact) mass is 525 g/mol. The molecule has 0 radical (unpaired) electrons. The molecule has 0 unspecified atom stereocenters. The van der Waals surface area contributed by atoms with E-state index >= 15 is 0 Å². The van der Waals surface area contributed by atoms with Gasteiger partial charge in [0, 0.05) is 24.2 Å². The summed E-state index contributed by atoms with van der Waals surface area (Å²) in [5, 5.41) is 4.98. The topological polar surface area (TPSA) is 120 Å².